The van der Waals surface area contributed by atoms with Crippen molar-refractivity contribution in [3.63, 3.8) is 0 Å². The van der Waals surface area contributed by atoms with Crippen LogP contribution in [0, 0.1) is 5.92 Å². The Morgan fingerprint density at radius 1 is 1.20 bits per heavy atom. The summed E-state index contributed by atoms with van der Waals surface area (Å²) in [5.74, 6) is 0.861. The predicted molar refractivity (Wildman–Crippen MR) is 120 cm³/mol. The molecule has 2 N–H and O–H groups in total. The van der Waals surface area contributed by atoms with Crippen molar-refractivity contribution in [1.29, 1.82) is 0 Å². The number of rotatable bonds is 4. The van der Waals surface area contributed by atoms with Gasteiger partial charge in [-0.25, -0.2) is 19.4 Å². The van der Waals surface area contributed by atoms with Gasteiger partial charge < -0.3 is 9.55 Å². The van der Waals surface area contributed by atoms with Gasteiger partial charge in [-0.2, -0.15) is 18.3 Å². The first-order chi connectivity index (χ1) is 16.6. The minimum absolute atomic E-state index is 0.0250. The zero-order chi connectivity index (χ0) is 24.5. The van der Waals surface area contributed by atoms with Crippen LogP contribution in [0.25, 0.3) is 11.0 Å². The number of aromatic amines is 2. The van der Waals surface area contributed by atoms with Gasteiger partial charge >= 0.3 is 11.9 Å². The normalized spacial score (nSPS) is 23.8. The molecule has 3 atom stereocenters. The van der Waals surface area contributed by atoms with Gasteiger partial charge in [0.1, 0.15) is 18.0 Å². The lowest BCUT2D eigenvalue weighted by molar-refractivity contribution is -0.139. The summed E-state index contributed by atoms with van der Waals surface area (Å²) in [6, 6.07) is 5.30. The largest absolute Gasteiger partial charge is 0.406 e. The highest BCUT2D eigenvalue weighted by molar-refractivity contribution is 6.01. The minimum Gasteiger partial charge on any atom is -0.323 e. The van der Waals surface area contributed by atoms with Crippen molar-refractivity contribution in [1.82, 2.24) is 29.2 Å². The van der Waals surface area contributed by atoms with Gasteiger partial charge in [-0.1, -0.05) is 6.92 Å². The van der Waals surface area contributed by atoms with Crippen molar-refractivity contribution in [2.75, 3.05) is 0 Å². The van der Waals surface area contributed by atoms with Crippen molar-refractivity contribution < 1.29 is 13.2 Å². The number of halogens is 3. The molecule has 6 rings (SSSR count). The zero-order valence-corrected chi connectivity index (χ0v) is 18.5. The Morgan fingerprint density at radius 3 is 2.80 bits per heavy atom. The van der Waals surface area contributed by atoms with Crippen LogP contribution >= 0.6 is 0 Å². The van der Waals surface area contributed by atoms with E-state index in [1.807, 2.05) is 6.07 Å². The number of aromatic nitrogens is 6. The molecule has 5 heterocycles. The van der Waals surface area contributed by atoms with Crippen molar-refractivity contribution in [2.45, 2.75) is 43.8 Å². The van der Waals surface area contributed by atoms with Gasteiger partial charge in [0.05, 0.1) is 11.3 Å². The first kappa shape index (κ1) is 21.6. The van der Waals surface area contributed by atoms with E-state index in [9.17, 15) is 22.8 Å². The third-order valence-electron chi connectivity index (χ3n) is 7.00. The quantitative estimate of drug-likeness (QED) is 0.465. The van der Waals surface area contributed by atoms with Crippen LogP contribution in [0.5, 0.6) is 0 Å². The molecule has 0 amide bonds. The second kappa shape index (κ2) is 7.27. The van der Waals surface area contributed by atoms with Crippen LogP contribution in [-0.4, -0.2) is 41.1 Å². The Kier molecular flexibility index (Phi) is 4.48. The van der Waals surface area contributed by atoms with Gasteiger partial charge in [0.25, 0.3) is 5.56 Å². The third-order valence-corrected chi connectivity index (χ3v) is 7.00. The molecule has 35 heavy (non-hydrogen) atoms. The van der Waals surface area contributed by atoms with Gasteiger partial charge in [-0.05, 0) is 30.5 Å². The summed E-state index contributed by atoms with van der Waals surface area (Å²) in [7, 11) is 0. The molecule has 1 saturated carbocycles. The lowest BCUT2D eigenvalue weighted by Gasteiger charge is -2.33. The number of fused-ring (bicyclic) bond motifs is 2. The summed E-state index contributed by atoms with van der Waals surface area (Å²) in [6.07, 6.45) is 2.96. The number of nitrogens with zero attached hydrogens (tertiary/aromatic N) is 5. The number of alkyl halides is 3. The van der Waals surface area contributed by atoms with Gasteiger partial charge in [0.2, 0.25) is 0 Å². The van der Waals surface area contributed by atoms with E-state index < -0.39 is 29.4 Å². The molecule has 4 aromatic rings. The van der Waals surface area contributed by atoms with E-state index in [2.05, 4.69) is 32.0 Å². The van der Waals surface area contributed by atoms with Crippen molar-refractivity contribution in [3.8, 4) is 0 Å². The van der Waals surface area contributed by atoms with Crippen LogP contribution in [0.15, 0.2) is 57.7 Å². The second-order valence-electron chi connectivity index (χ2n) is 9.38. The monoisotopic (exact) mass is 483 g/mol. The first-order valence-electron chi connectivity index (χ1n) is 11.1. The van der Waals surface area contributed by atoms with E-state index >= 15 is 0 Å². The Labute approximate surface area is 195 Å². The fourth-order valence-electron chi connectivity index (χ4n) is 5.28. The molecule has 12 heteroatoms. The molecular weight excluding hydrogens is 463 g/mol. The molecule has 1 aliphatic heterocycles. The predicted octanol–water partition coefficient (Wildman–Crippen LogP) is 2.89. The zero-order valence-electron chi connectivity index (χ0n) is 18.5. The van der Waals surface area contributed by atoms with Crippen LogP contribution in [0.2, 0.25) is 0 Å². The SMILES string of the molecule is CC1([C@H]2C[C@@H]2c2ccc3ccn(CC(F)(F)F)c3n2)CC(c2c[nH]c(=O)[nH]c2=O)=Nn2ccnc21. The van der Waals surface area contributed by atoms with Gasteiger partial charge in [-0.15, -0.1) is 0 Å². The topological polar surface area (TPSA) is 114 Å². The summed E-state index contributed by atoms with van der Waals surface area (Å²) in [4.78, 5) is 37.7. The summed E-state index contributed by atoms with van der Waals surface area (Å²) in [6.45, 7) is 0.958. The molecule has 0 saturated heterocycles. The molecule has 0 spiro atoms. The summed E-state index contributed by atoms with van der Waals surface area (Å²) in [5.41, 5.74) is 0.208. The average Bonchev–Trinajstić information content (AvgIpc) is 3.30. The number of imidazole rings is 1. The Morgan fingerprint density at radius 2 is 2.03 bits per heavy atom. The Hall–Kier alpha value is -3.96. The standard InChI is InChI=1S/C23H20F3N7O2/c1-22(9-17(31-33-7-5-27-20(22)33)14-10-28-21(35)30-19(14)34)15-8-13(15)16-3-2-12-4-6-32(18(12)29-16)11-23(24,25)26/h2-7,10,13,15H,8-9,11H2,1H3,(H2,28,30,34,35)/t13-,15-,22?/m0/s1. The molecule has 180 valence electrons. The van der Waals surface area contributed by atoms with E-state index in [1.165, 1.54) is 12.4 Å². The second-order valence-corrected chi connectivity index (χ2v) is 9.38. The van der Waals surface area contributed by atoms with Crippen LogP contribution in [0.4, 0.5) is 13.2 Å². The summed E-state index contributed by atoms with van der Waals surface area (Å²) < 4.78 is 41.8. The average molecular weight is 483 g/mol. The smallest absolute Gasteiger partial charge is 0.323 e. The van der Waals surface area contributed by atoms with E-state index in [0.29, 0.717) is 23.2 Å². The number of pyridine rings is 1. The molecule has 4 aromatic heterocycles. The molecule has 9 nitrogen and oxygen atoms in total. The number of H-pyrrole nitrogens is 2. The summed E-state index contributed by atoms with van der Waals surface area (Å²) in [5, 5.41) is 5.21. The van der Waals surface area contributed by atoms with Crippen molar-refractivity contribution >= 4 is 16.7 Å². The van der Waals surface area contributed by atoms with Crippen LogP contribution in [0.1, 0.15) is 42.8 Å². The fourth-order valence-corrected chi connectivity index (χ4v) is 5.28. The lowest BCUT2D eigenvalue weighted by Crippen LogP contribution is -2.38. The van der Waals surface area contributed by atoms with E-state index in [1.54, 1.807) is 29.2 Å². The highest BCUT2D eigenvalue weighted by atomic mass is 19.4. The van der Waals surface area contributed by atoms with Crippen molar-refractivity contribution in [3.05, 3.63) is 80.9 Å². The summed E-state index contributed by atoms with van der Waals surface area (Å²) >= 11 is 0. The highest BCUT2D eigenvalue weighted by Crippen LogP contribution is 2.59. The molecule has 0 bridgehead atoms. The maximum Gasteiger partial charge on any atom is 0.406 e. The van der Waals surface area contributed by atoms with Crippen molar-refractivity contribution in [2.24, 2.45) is 11.0 Å². The number of hydrogen-bond acceptors (Lipinski definition) is 5. The third kappa shape index (κ3) is 3.60. The molecule has 0 radical (unpaired) electrons. The van der Waals surface area contributed by atoms with Gasteiger partial charge in [0, 0.05) is 53.6 Å². The number of hydrogen-bond donors (Lipinski definition) is 2. The minimum atomic E-state index is -4.34. The van der Waals surface area contributed by atoms with E-state index in [0.717, 1.165) is 22.5 Å². The van der Waals surface area contributed by atoms with Crippen LogP contribution < -0.4 is 11.2 Å². The van der Waals surface area contributed by atoms with Crippen LogP contribution in [0.3, 0.4) is 0 Å². The molecular formula is C23H20F3N7O2. The molecule has 1 unspecified atom stereocenters. The van der Waals surface area contributed by atoms with E-state index in [4.69, 9.17) is 0 Å². The molecule has 2 aliphatic rings. The molecule has 0 aromatic carbocycles. The molecule has 1 aliphatic carbocycles. The van der Waals surface area contributed by atoms with E-state index in [-0.39, 0.29) is 17.4 Å². The maximum atomic E-state index is 13.0. The maximum absolute atomic E-state index is 13.0. The highest BCUT2D eigenvalue weighted by Gasteiger charge is 2.55. The fraction of sp³-hybridized carbons (Fsp3) is 0.348. The Bertz CT molecular complexity index is 1610. The number of nitrogens with one attached hydrogen (secondary N) is 2. The van der Waals surface area contributed by atoms with Gasteiger partial charge in [0.15, 0.2) is 0 Å². The molecule has 1 fully saturated rings. The Balaban J connectivity index is 1.35. The van der Waals surface area contributed by atoms with Crippen LogP contribution in [-0.2, 0) is 12.0 Å². The lowest BCUT2D eigenvalue weighted by atomic mass is 9.76. The van der Waals surface area contributed by atoms with Gasteiger partial charge in [-0.3, -0.25) is 9.78 Å². The first-order valence-corrected chi connectivity index (χ1v) is 11.1.